The molecule has 44 heavy (non-hydrogen) atoms. The zero-order chi connectivity index (χ0) is 31.7. The van der Waals surface area contributed by atoms with Gasteiger partial charge in [-0.1, -0.05) is 18.2 Å². The molecule has 4 aliphatic rings. The Hall–Kier alpha value is -2.64. The second-order valence-electron chi connectivity index (χ2n) is 11.6. The molecule has 1 aromatic rings. The predicted molar refractivity (Wildman–Crippen MR) is 150 cm³/mol. The number of hydrogen-bond acceptors (Lipinski definition) is 15. The van der Waals surface area contributed by atoms with Gasteiger partial charge in [0.2, 0.25) is 0 Å². The fourth-order valence-electron chi connectivity index (χ4n) is 6.03. The van der Waals surface area contributed by atoms with Crippen LogP contribution in [0, 0.1) is 0 Å². The lowest BCUT2D eigenvalue weighted by atomic mass is 9.85. The van der Waals surface area contributed by atoms with E-state index < -0.39 is 91.6 Å². The highest BCUT2D eigenvalue weighted by molar-refractivity contribution is 5.89. The normalized spacial score (nSPS) is 42.6. The van der Waals surface area contributed by atoms with Crippen molar-refractivity contribution in [1.82, 2.24) is 5.32 Å². The molecule has 3 aliphatic heterocycles. The van der Waals surface area contributed by atoms with Gasteiger partial charge in [-0.2, -0.15) is 0 Å². The molecular formula is C28H42FN5O10. The topological polar surface area (TPSA) is 249 Å². The van der Waals surface area contributed by atoms with Crippen molar-refractivity contribution >= 4 is 5.97 Å². The van der Waals surface area contributed by atoms with Gasteiger partial charge in [-0.3, -0.25) is 0 Å². The zero-order valence-electron chi connectivity index (χ0n) is 24.2. The average Bonchev–Trinajstić information content (AvgIpc) is 2.99. The fraction of sp³-hybridized carbons (Fsp3) is 0.679. The van der Waals surface area contributed by atoms with Crippen molar-refractivity contribution in [2.24, 2.45) is 22.9 Å². The summed E-state index contributed by atoms with van der Waals surface area (Å²) in [5.74, 6) is -0.975. The van der Waals surface area contributed by atoms with Crippen LogP contribution in [-0.4, -0.2) is 121 Å². The van der Waals surface area contributed by atoms with E-state index in [1.54, 1.807) is 37.4 Å². The number of nitrogens with two attached hydrogens (primary N) is 4. The Labute approximate surface area is 253 Å². The van der Waals surface area contributed by atoms with E-state index in [2.05, 4.69) is 5.32 Å². The summed E-state index contributed by atoms with van der Waals surface area (Å²) in [6.07, 6.45) is -11.6. The van der Waals surface area contributed by atoms with Gasteiger partial charge in [-0.05, 0) is 32.0 Å². The monoisotopic (exact) mass is 627 g/mol. The van der Waals surface area contributed by atoms with E-state index in [4.69, 9.17) is 51.4 Å². The Kier molecular flexibility index (Phi) is 10.3. The first-order valence-electron chi connectivity index (χ1n) is 14.6. The van der Waals surface area contributed by atoms with E-state index in [1.807, 2.05) is 0 Å². The van der Waals surface area contributed by atoms with Gasteiger partial charge in [0.05, 0.1) is 30.0 Å². The highest BCUT2D eigenvalue weighted by Crippen LogP contribution is 2.37. The molecule has 0 bridgehead atoms. The van der Waals surface area contributed by atoms with Gasteiger partial charge in [-0.15, -0.1) is 0 Å². The minimum absolute atomic E-state index is 0.0103. The number of fused-ring (bicyclic) bond motifs is 1. The first-order chi connectivity index (χ1) is 21.0. The second kappa shape index (κ2) is 13.8. The summed E-state index contributed by atoms with van der Waals surface area (Å²) < 4.78 is 50.7. The van der Waals surface area contributed by atoms with Crippen LogP contribution in [0.5, 0.6) is 0 Å². The smallest absolute Gasteiger partial charge is 0.338 e. The average molecular weight is 628 g/mol. The highest BCUT2D eigenvalue weighted by Gasteiger charge is 2.53. The molecule has 1 saturated carbocycles. The van der Waals surface area contributed by atoms with E-state index in [0.29, 0.717) is 0 Å². The molecule has 2 saturated heterocycles. The van der Waals surface area contributed by atoms with E-state index in [-0.39, 0.29) is 43.1 Å². The SMILES string of the molecule is CNC1C(O[C@H]2OC(CO)[C@@H](N)CC2O)O[C@H]2CC(N)=C(O[C@@H]3C(N)C[C@@H](N)C(OC(=O)c4ccccc4)C3F)OC2C1O. The van der Waals surface area contributed by atoms with Crippen LogP contribution in [0.4, 0.5) is 4.39 Å². The summed E-state index contributed by atoms with van der Waals surface area (Å²) >= 11 is 0. The molecule has 0 radical (unpaired) electrons. The van der Waals surface area contributed by atoms with Crippen LogP contribution in [-0.2, 0) is 28.4 Å². The minimum atomic E-state index is -1.92. The molecule has 16 heteroatoms. The highest BCUT2D eigenvalue weighted by atomic mass is 19.1. The molecule has 246 valence electrons. The van der Waals surface area contributed by atoms with Crippen molar-refractivity contribution in [3.63, 3.8) is 0 Å². The lowest BCUT2D eigenvalue weighted by Gasteiger charge is -2.48. The third-order valence-electron chi connectivity index (χ3n) is 8.51. The molecule has 12 N–H and O–H groups in total. The van der Waals surface area contributed by atoms with Gasteiger partial charge >= 0.3 is 5.97 Å². The van der Waals surface area contributed by atoms with E-state index in [0.717, 1.165) is 0 Å². The van der Waals surface area contributed by atoms with E-state index in [9.17, 15) is 20.1 Å². The number of likely N-dealkylation sites (N-methyl/N-ethyl adjacent to an activating group) is 1. The number of hydrogen-bond donors (Lipinski definition) is 8. The van der Waals surface area contributed by atoms with Gasteiger partial charge in [-0.25, -0.2) is 9.18 Å². The van der Waals surface area contributed by atoms with Crippen molar-refractivity contribution in [1.29, 1.82) is 0 Å². The summed E-state index contributed by atoms with van der Waals surface area (Å²) in [4.78, 5) is 12.6. The number of esters is 1. The van der Waals surface area contributed by atoms with Gasteiger partial charge in [0.25, 0.3) is 5.95 Å². The van der Waals surface area contributed by atoms with Crippen molar-refractivity contribution in [3.8, 4) is 0 Å². The van der Waals surface area contributed by atoms with Crippen LogP contribution in [0.15, 0.2) is 42.0 Å². The maximum atomic E-state index is 15.8. The Bertz CT molecular complexity index is 1170. The molecule has 14 atom stereocenters. The fourth-order valence-corrected chi connectivity index (χ4v) is 6.03. The van der Waals surface area contributed by atoms with E-state index >= 15 is 4.39 Å². The maximum absolute atomic E-state index is 15.8. The number of aliphatic hydroxyl groups excluding tert-OH is 3. The number of rotatable bonds is 8. The van der Waals surface area contributed by atoms with Crippen LogP contribution >= 0.6 is 0 Å². The third kappa shape index (κ3) is 6.64. The maximum Gasteiger partial charge on any atom is 0.338 e. The summed E-state index contributed by atoms with van der Waals surface area (Å²) in [6, 6.07) is 4.89. The molecule has 0 amide bonds. The Balaban J connectivity index is 1.27. The zero-order valence-corrected chi connectivity index (χ0v) is 24.2. The number of carbonyl (C=O) groups is 1. The third-order valence-corrected chi connectivity index (χ3v) is 8.51. The molecule has 0 aromatic heterocycles. The Morgan fingerprint density at radius 2 is 1.75 bits per heavy atom. The van der Waals surface area contributed by atoms with Crippen LogP contribution in [0.3, 0.4) is 0 Å². The quantitative estimate of drug-likeness (QED) is 0.138. The summed E-state index contributed by atoms with van der Waals surface area (Å²) in [7, 11) is 1.57. The van der Waals surface area contributed by atoms with Crippen LogP contribution < -0.4 is 28.3 Å². The lowest BCUT2D eigenvalue weighted by molar-refractivity contribution is -0.346. The van der Waals surface area contributed by atoms with Gasteiger partial charge < -0.3 is 72.0 Å². The Morgan fingerprint density at radius 1 is 1.05 bits per heavy atom. The number of nitrogens with one attached hydrogen (secondary N) is 1. The minimum Gasteiger partial charge on any atom is -0.456 e. The second-order valence-corrected chi connectivity index (χ2v) is 11.6. The van der Waals surface area contributed by atoms with Crippen molar-refractivity contribution in [3.05, 3.63) is 47.5 Å². The molecule has 1 aromatic carbocycles. The lowest BCUT2D eigenvalue weighted by Crippen LogP contribution is -2.66. The summed E-state index contributed by atoms with van der Waals surface area (Å²) in [5, 5.41) is 34.2. The van der Waals surface area contributed by atoms with Gasteiger partial charge in [0.15, 0.2) is 37.1 Å². The van der Waals surface area contributed by atoms with Crippen LogP contribution in [0.25, 0.3) is 0 Å². The van der Waals surface area contributed by atoms with E-state index in [1.165, 1.54) is 0 Å². The number of halogens is 1. The molecule has 3 heterocycles. The van der Waals surface area contributed by atoms with Crippen molar-refractivity contribution in [2.75, 3.05) is 13.7 Å². The molecule has 15 nitrogen and oxygen atoms in total. The summed E-state index contributed by atoms with van der Waals surface area (Å²) in [6.45, 7) is -0.369. The molecule has 9 unspecified atom stereocenters. The first kappa shape index (κ1) is 32.7. The molecular weight excluding hydrogens is 585 g/mol. The number of carbonyl (C=O) groups excluding carboxylic acids is 1. The number of benzene rings is 1. The number of aliphatic hydroxyl groups is 3. The molecule has 3 fully saturated rings. The molecule has 5 rings (SSSR count). The molecule has 0 spiro atoms. The molecule has 1 aliphatic carbocycles. The summed E-state index contributed by atoms with van der Waals surface area (Å²) in [5.41, 5.74) is 24.8. The standard InChI is InChI=1S/C28H42FN5O10/c1-34-20-21(37)24-17(39-28(20)44-27-16(36)8-12(30)18(10-35)40-27)9-15(33)26(43-24)42-23-14(32)7-13(31)22(19(23)29)41-25(38)11-5-3-2-4-6-11/h2-6,12-14,16-24,27-28,34-37H,7-10,30-33H2,1H3/t12-,13+,14?,16?,17-,18?,19?,20?,21?,22?,23+,24?,27+,28?/m0/s1. The predicted octanol–water partition coefficient (Wildman–Crippen LogP) is -2.60. The Morgan fingerprint density at radius 3 is 2.43 bits per heavy atom. The van der Waals surface area contributed by atoms with Crippen LogP contribution in [0.1, 0.15) is 29.6 Å². The first-order valence-corrected chi connectivity index (χ1v) is 14.6. The van der Waals surface area contributed by atoms with Gasteiger partial charge in [0.1, 0.15) is 18.3 Å². The van der Waals surface area contributed by atoms with Crippen molar-refractivity contribution in [2.45, 2.75) is 105 Å². The van der Waals surface area contributed by atoms with Gasteiger partial charge in [0, 0.05) is 24.5 Å². The van der Waals surface area contributed by atoms with Crippen molar-refractivity contribution < 1.29 is 52.9 Å². The largest absolute Gasteiger partial charge is 0.456 e. The number of alkyl halides is 1. The number of ether oxygens (including phenoxy) is 6. The van der Waals surface area contributed by atoms with Crippen LogP contribution in [0.2, 0.25) is 0 Å².